The second-order valence-electron chi connectivity index (χ2n) is 7.01. The van der Waals surface area contributed by atoms with Crippen molar-refractivity contribution in [3.05, 3.63) is 29.8 Å². The highest BCUT2D eigenvalue weighted by molar-refractivity contribution is 5.94. The number of likely N-dealkylation sites (tertiary alicyclic amines) is 1. The van der Waals surface area contributed by atoms with E-state index in [1.54, 1.807) is 36.3 Å². The van der Waals surface area contributed by atoms with E-state index in [2.05, 4.69) is 16.8 Å². The van der Waals surface area contributed by atoms with Crippen LogP contribution in [0.5, 0.6) is 5.75 Å². The van der Waals surface area contributed by atoms with Crippen molar-refractivity contribution in [1.82, 2.24) is 14.7 Å². The number of β-amino-alcohol motifs (C(OH)–C–C–N with tert-alkyl or cyclic N) is 1. The van der Waals surface area contributed by atoms with Crippen molar-refractivity contribution in [3.63, 3.8) is 0 Å². The number of aliphatic hydroxyl groups is 1. The van der Waals surface area contributed by atoms with E-state index in [4.69, 9.17) is 4.74 Å². The van der Waals surface area contributed by atoms with Gasteiger partial charge in [-0.3, -0.25) is 9.69 Å². The van der Waals surface area contributed by atoms with E-state index in [0.29, 0.717) is 31.6 Å². The summed E-state index contributed by atoms with van der Waals surface area (Å²) in [6, 6.07) is 7.14. The molecule has 132 valence electrons. The zero-order valence-electron chi connectivity index (χ0n) is 14.6. The standard InChI is InChI=1S/C18H27N3O3/c1-19-9-11-20(12-10-19)13-18(23)7-8-21(14-18)17(22)15-3-5-16(24-2)6-4-15/h3-6,23H,7-14H2,1-2H3/t18-/m0/s1. The Bertz CT molecular complexity index is 569. The van der Waals surface area contributed by atoms with Crippen molar-refractivity contribution in [1.29, 1.82) is 0 Å². The molecule has 3 rings (SSSR count). The van der Waals surface area contributed by atoms with Gasteiger partial charge in [-0.25, -0.2) is 0 Å². The number of piperazine rings is 1. The molecule has 0 saturated carbocycles. The molecule has 2 fully saturated rings. The Labute approximate surface area is 143 Å². The van der Waals surface area contributed by atoms with Crippen molar-refractivity contribution >= 4 is 5.91 Å². The molecule has 1 atom stereocenters. The molecule has 0 aromatic heterocycles. The van der Waals surface area contributed by atoms with Crippen molar-refractivity contribution < 1.29 is 14.6 Å². The molecule has 0 bridgehead atoms. The third-order valence-electron chi connectivity index (χ3n) is 5.07. The minimum Gasteiger partial charge on any atom is -0.497 e. The van der Waals surface area contributed by atoms with Crippen LogP contribution in [-0.2, 0) is 0 Å². The van der Waals surface area contributed by atoms with Gasteiger partial charge in [0.25, 0.3) is 5.91 Å². The van der Waals surface area contributed by atoms with Gasteiger partial charge in [-0.1, -0.05) is 0 Å². The predicted molar refractivity (Wildman–Crippen MR) is 92.4 cm³/mol. The Hall–Kier alpha value is -1.63. The van der Waals surface area contributed by atoms with Crippen molar-refractivity contribution in [2.24, 2.45) is 0 Å². The zero-order valence-corrected chi connectivity index (χ0v) is 14.6. The topological polar surface area (TPSA) is 56.2 Å². The number of methoxy groups -OCH3 is 1. The van der Waals surface area contributed by atoms with Gasteiger partial charge < -0.3 is 19.6 Å². The third-order valence-corrected chi connectivity index (χ3v) is 5.07. The van der Waals surface area contributed by atoms with Gasteiger partial charge in [0.05, 0.1) is 19.3 Å². The number of carbonyl (C=O) groups is 1. The van der Waals surface area contributed by atoms with Crippen LogP contribution in [0.2, 0.25) is 0 Å². The first-order valence-electron chi connectivity index (χ1n) is 8.56. The summed E-state index contributed by atoms with van der Waals surface area (Å²) >= 11 is 0. The molecule has 0 aliphatic carbocycles. The zero-order chi connectivity index (χ0) is 17.2. The van der Waals surface area contributed by atoms with Crippen LogP contribution < -0.4 is 4.74 Å². The summed E-state index contributed by atoms with van der Waals surface area (Å²) in [7, 11) is 3.73. The minimum absolute atomic E-state index is 0.0213. The fourth-order valence-corrected chi connectivity index (χ4v) is 3.50. The van der Waals surface area contributed by atoms with E-state index >= 15 is 0 Å². The van der Waals surface area contributed by atoms with Crippen LogP contribution in [0.4, 0.5) is 0 Å². The summed E-state index contributed by atoms with van der Waals surface area (Å²) in [6.07, 6.45) is 0.640. The lowest BCUT2D eigenvalue weighted by Crippen LogP contribution is -2.52. The monoisotopic (exact) mass is 333 g/mol. The smallest absolute Gasteiger partial charge is 0.253 e. The minimum atomic E-state index is -0.794. The number of rotatable bonds is 4. The fourth-order valence-electron chi connectivity index (χ4n) is 3.50. The first-order valence-corrected chi connectivity index (χ1v) is 8.56. The van der Waals surface area contributed by atoms with Crippen LogP contribution in [-0.4, -0.2) is 91.3 Å². The molecule has 1 amide bonds. The Balaban J connectivity index is 1.58. The van der Waals surface area contributed by atoms with Crippen LogP contribution in [0, 0.1) is 0 Å². The van der Waals surface area contributed by atoms with Gasteiger partial charge >= 0.3 is 0 Å². The number of benzene rings is 1. The summed E-state index contributed by atoms with van der Waals surface area (Å²) in [6.45, 7) is 5.68. The SMILES string of the molecule is COc1ccc(C(=O)N2CC[C@](O)(CN3CCN(C)CC3)C2)cc1. The Morgan fingerprint density at radius 1 is 1.17 bits per heavy atom. The predicted octanol–water partition coefficient (Wildman–Crippen LogP) is 0.520. The molecule has 1 N–H and O–H groups in total. The highest BCUT2D eigenvalue weighted by Gasteiger charge is 2.40. The van der Waals surface area contributed by atoms with E-state index in [9.17, 15) is 9.90 Å². The number of ether oxygens (including phenoxy) is 1. The van der Waals surface area contributed by atoms with Crippen molar-refractivity contribution in [3.8, 4) is 5.75 Å². The first kappa shape index (κ1) is 17.2. The lowest BCUT2D eigenvalue weighted by Gasteiger charge is -2.36. The molecule has 0 unspecified atom stereocenters. The molecular weight excluding hydrogens is 306 g/mol. The van der Waals surface area contributed by atoms with Gasteiger partial charge in [0, 0.05) is 44.8 Å². The maximum Gasteiger partial charge on any atom is 0.253 e. The quantitative estimate of drug-likeness (QED) is 0.871. The van der Waals surface area contributed by atoms with Crippen molar-refractivity contribution in [2.45, 2.75) is 12.0 Å². The normalized spacial score (nSPS) is 25.9. The fraction of sp³-hybridized carbons (Fsp3) is 0.611. The van der Waals surface area contributed by atoms with Crippen LogP contribution >= 0.6 is 0 Å². The lowest BCUT2D eigenvalue weighted by molar-refractivity contribution is 0.000525. The second-order valence-corrected chi connectivity index (χ2v) is 7.01. The molecule has 1 aromatic carbocycles. The molecule has 0 radical (unpaired) electrons. The second kappa shape index (κ2) is 7.09. The summed E-state index contributed by atoms with van der Waals surface area (Å²) in [5, 5.41) is 10.9. The van der Waals surface area contributed by atoms with E-state index in [1.807, 2.05) is 0 Å². The number of likely N-dealkylation sites (N-methyl/N-ethyl adjacent to an activating group) is 1. The van der Waals surface area contributed by atoms with E-state index in [0.717, 1.165) is 31.9 Å². The molecule has 0 spiro atoms. The van der Waals surface area contributed by atoms with Gasteiger partial charge in [0.15, 0.2) is 0 Å². The molecule has 2 heterocycles. The first-order chi connectivity index (χ1) is 11.5. The largest absolute Gasteiger partial charge is 0.497 e. The summed E-state index contributed by atoms with van der Waals surface area (Å²) in [5.41, 5.74) is -0.155. The van der Waals surface area contributed by atoms with Crippen LogP contribution in [0.15, 0.2) is 24.3 Å². The maximum atomic E-state index is 12.6. The molecule has 2 aliphatic heterocycles. The van der Waals surface area contributed by atoms with Gasteiger partial charge in [0.1, 0.15) is 5.75 Å². The molecule has 6 heteroatoms. The average molecular weight is 333 g/mol. The highest BCUT2D eigenvalue weighted by Crippen LogP contribution is 2.25. The number of nitrogens with zero attached hydrogens (tertiary/aromatic N) is 3. The average Bonchev–Trinajstić information content (AvgIpc) is 2.98. The molecular formula is C18H27N3O3. The van der Waals surface area contributed by atoms with Crippen LogP contribution in [0.25, 0.3) is 0 Å². The number of hydrogen-bond donors (Lipinski definition) is 1. The van der Waals surface area contributed by atoms with E-state index < -0.39 is 5.60 Å². The molecule has 24 heavy (non-hydrogen) atoms. The van der Waals surface area contributed by atoms with E-state index in [-0.39, 0.29) is 5.91 Å². The molecule has 1 aromatic rings. The number of carbonyl (C=O) groups excluding carboxylic acids is 1. The third kappa shape index (κ3) is 3.88. The van der Waals surface area contributed by atoms with Gasteiger partial charge in [-0.2, -0.15) is 0 Å². The summed E-state index contributed by atoms with van der Waals surface area (Å²) < 4.78 is 5.13. The summed E-state index contributed by atoms with van der Waals surface area (Å²) in [5.74, 6) is 0.714. The number of hydrogen-bond acceptors (Lipinski definition) is 5. The maximum absolute atomic E-state index is 12.6. The Kier molecular flexibility index (Phi) is 5.08. The van der Waals surface area contributed by atoms with Gasteiger partial charge in [0.2, 0.25) is 0 Å². The molecule has 2 aliphatic rings. The van der Waals surface area contributed by atoms with Gasteiger partial charge in [-0.05, 0) is 37.7 Å². The van der Waals surface area contributed by atoms with Crippen LogP contribution in [0.1, 0.15) is 16.8 Å². The van der Waals surface area contributed by atoms with Crippen LogP contribution in [0.3, 0.4) is 0 Å². The number of amides is 1. The Morgan fingerprint density at radius 3 is 2.46 bits per heavy atom. The lowest BCUT2D eigenvalue weighted by atomic mass is 10.0. The van der Waals surface area contributed by atoms with E-state index in [1.165, 1.54) is 0 Å². The van der Waals surface area contributed by atoms with Crippen molar-refractivity contribution in [2.75, 3.05) is 60.0 Å². The molecule has 2 saturated heterocycles. The summed E-state index contributed by atoms with van der Waals surface area (Å²) in [4.78, 5) is 19.0. The highest BCUT2D eigenvalue weighted by atomic mass is 16.5. The molecule has 6 nitrogen and oxygen atoms in total. The Morgan fingerprint density at radius 2 is 1.83 bits per heavy atom. The van der Waals surface area contributed by atoms with Gasteiger partial charge in [-0.15, -0.1) is 0 Å².